The van der Waals surface area contributed by atoms with Gasteiger partial charge in [0.2, 0.25) is 0 Å². The minimum absolute atomic E-state index is 0.435. The van der Waals surface area contributed by atoms with Crippen LogP contribution in [0.25, 0.3) is 38.3 Å². The fraction of sp³-hybridized carbons (Fsp3) is 0.214. The van der Waals surface area contributed by atoms with Gasteiger partial charge in [-0.05, 0) is 51.3 Å². The van der Waals surface area contributed by atoms with Crippen LogP contribution in [-0.4, -0.2) is 28.4 Å². The van der Waals surface area contributed by atoms with Crippen LogP contribution in [0.3, 0.4) is 0 Å². The minimum atomic E-state index is -0.936. The fourth-order valence-corrected chi connectivity index (χ4v) is 4.20. The van der Waals surface area contributed by atoms with E-state index in [1.54, 1.807) is 13.8 Å². The largest absolute Gasteiger partial charge is 0.427 e. The summed E-state index contributed by atoms with van der Waals surface area (Å²) in [6.07, 6.45) is 0. The third-order valence-electron chi connectivity index (χ3n) is 6.80. The molecular formula is C28H28BNO2. The quantitative estimate of drug-likeness (QED) is 0.382. The normalized spacial score (nSPS) is 12.7. The van der Waals surface area contributed by atoms with Crippen LogP contribution < -0.4 is 5.46 Å². The first kappa shape index (κ1) is 20.8. The molecule has 0 aliphatic rings. The number of hydrogen-bond donors (Lipinski definition) is 1. The van der Waals surface area contributed by atoms with E-state index in [-0.39, 0.29) is 0 Å². The minimum Gasteiger partial charge on any atom is -0.427 e. The number of fused-ring (bicyclic) bond motifs is 5. The first-order valence-electron chi connectivity index (χ1n) is 11.1. The number of nitrogens with zero attached hydrogens (tertiary/aromatic N) is 1. The Balaban J connectivity index is 1.73. The summed E-state index contributed by atoms with van der Waals surface area (Å²) in [7, 11) is 0.435. The summed E-state index contributed by atoms with van der Waals surface area (Å²) in [5.41, 5.74) is 3.00. The van der Waals surface area contributed by atoms with Gasteiger partial charge in [0.25, 0.3) is 0 Å². The molecule has 0 atom stereocenters. The van der Waals surface area contributed by atoms with E-state index in [9.17, 15) is 5.11 Å². The first-order valence-corrected chi connectivity index (χ1v) is 11.1. The molecule has 0 aliphatic carbocycles. The molecule has 160 valence electrons. The van der Waals surface area contributed by atoms with E-state index >= 15 is 0 Å². The average Bonchev–Trinajstić information content (AvgIpc) is 3.11. The van der Waals surface area contributed by atoms with Crippen molar-refractivity contribution >= 4 is 45.5 Å². The Morgan fingerprint density at radius 1 is 0.750 bits per heavy atom. The topological polar surface area (TPSA) is 34.4 Å². The lowest BCUT2D eigenvalue weighted by Crippen LogP contribution is -2.49. The molecule has 1 aromatic heterocycles. The van der Waals surface area contributed by atoms with Crippen molar-refractivity contribution < 1.29 is 9.76 Å². The lowest BCUT2D eigenvalue weighted by atomic mass is 9.82. The van der Waals surface area contributed by atoms with Crippen LogP contribution in [0.2, 0.25) is 0 Å². The van der Waals surface area contributed by atoms with Crippen LogP contribution in [0.5, 0.6) is 0 Å². The highest BCUT2D eigenvalue weighted by molar-refractivity contribution is 6.47. The summed E-state index contributed by atoms with van der Waals surface area (Å²) < 4.78 is 8.52. The lowest BCUT2D eigenvalue weighted by Gasteiger charge is -2.37. The smallest absolute Gasteiger partial charge is 0.309 e. The molecule has 0 saturated carbocycles. The summed E-state index contributed by atoms with van der Waals surface area (Å²) in [6.45, 7) is 7.43. The number of aliphatic hydroxyl groups is 1. The zero-order valence-corrected chi connectivity index (χ0v) is 19.1. The molecule has 5 aromatic rings. The zero-order chi connectivity index (χ0) is 22.5. The second kappa shape index (κ2) is 7.51. The van der Waals surface area contributed by atoms with E-state index in [2.05, 4.69) is 83.4 Å². The molecule has 5 rings (SSSR count). The second-order valence-corrected chi connectivity index (χ2v) is 9.56. The van der Waals surface area contributed by atoms with Crippen LogP contribution in [0, 0.1) is 0 Å². The van der Waals surface area contributed by atoms with Crippen molar-refractivity contribution in [1.29, 1.82) is 0 Å². The van der Waals surface area contributed by atoms with Crippen molar-refractivity contribution in [2.45, 2.75) is 38.9 Å². The SMILES string of the molecule is CC(C)(O)C(C)(C)OBc1ccc2c3ccc4ccccc4c3n(-c3ccccc3)c2c1. The van der Waals surface area contributed by atoms with Gasteiger partial charge in [-0.15, -0.1) is 0 Å². The fourth-order valence-electron chi connectivity index (χ4n) is 4.20. The molecule has 1 heterocycles. The predicted molar refractivity (Wildman–Crippen MR) is 137 cm³/mol. The molecule has 0 spiro atoms. The van der Waals surface area contributed by atoms with Crippen molar-refractivity contribution in [1.82, 2.24) is 4.57 Å². The molecule has 4 heteroatoms. The summed E-state index contributed by atoms with van der Waals surface area (Å²) in [5.74, 6) is 0. The maximum atomic E-state index is 10.5. The Morgan fingerprint density at radius 3 is 2.19 bits per heavy atom. The molecule has 0 unspecified atom stereocenters. The van der Waals surface area contributed by atoms with Crippen LogP contribution >= 0.6 is 0 Å². The number of aromatic nitrogens is 1. The Hall–Kier alpha value is -3.08. The molecule has 0 radical (unpaired) electrons. The molecular weight excluding hydrogens is 393 g/mol. The Bertz CT molecular complexity index is 1430. The molecule has 3 nitrogen and oxygen atoms in total. The van der Waals surface area contributed by atoms with Crippen LogP contribution in [0.1, 0.15) is 27.7 Å². The highest BCUT2D eigenvalue weighted by atomic mass is 16.5. The van der Waals surface area contributed by atoms with Crippen LogP contribution in [-0.2, 0) is 4.65 Å². The molecule has 0 fully saturated rings. The van der Waals surface area contributed by atoms with E-state index in [1.807, 2.05) is 19.9 Å². The highest BCUT2D eigenvalue weighted by Crippen LogP contribution is 2.36. The number of para-hydroxylation sites is 1. The van der Waals surface area contributed by atoms with Gasteiger partial charge in [-0.25, -0.2) is 0 Å². The maximum absolute atomic E-state index is 10.5. The maximum Gasteiger partial charge on any atom is 0.309 e. The molecule has 0 amide bonds. The van der Waals surface area contributed by atoms with Gasteiger partial charge in [-0.3, -0.25) is 0 Å². The van der Waals surface area contributed by atoms with E-state index in [1.165, 1.54) is 27.1 Å². The molecule has 4 aromatic carbocycles. The first-order chi connectivity index (χ1) is 15.3. The summed E-state index contributed by atoms with van der Waals surface area (Å²) in [5, 5.41) is 15.4. The van der Waals surface area contributed by atoms with Gasteiger partial charge in [0.15, 0.2) is 0 Å². The molecule has 32 heavy (non-hydrogen) atoms. The Kier molecular flexibility index (Phi) is 4.88. The van der Waals surface area contributed by atoms with E-state index in [4.69, 9.17) is 4.65 Å². The van der Waals surface area contributed by atoms with Crippen LogP contribution in [0.15, 0.2) is 84.9 Å². The Morgan fingerprint density at radius 2 is 1.44 bits per heavy atom. The molecule has 1 N–H and O–H groups in total. The molecule has 0 aliphatic heterocycles. The number of hydrogen-bond acceptors (Lipinski definition) is 2. The zero-order valence-electron chi connectivity index (χ0n) is 19.1. The standard InChI is InChI=1S/C28H28BNO2/c1-27(2,31)28(3,4)32-29-20-15-17-23-24-16-14-19-10-8-9-13-22(19)26(24)30(25(23)18-20)21-11-6-5-7-12-21/h5-18,29,31H,1-4H3. The summed E-state index contributed by atoms with van der Waals surface area (Å²) in [6, 6.07) is 30.1. The summed E-state index contributed by atoms with van der Waals surface area (Å²) >= 11 is 0. The molecule has 0 saturated heterocycles. The van der Waals surface area contributed by atoms with Crippen molar-refractivity contribution in [3.8, 4) is 5.69 Å². The van der Waals surface area contributed by atoms with Gasteiger partial charge < -0.3 is 14.3 Å². The van der Waals surface area contributed by atoms with Crippen molar-refractivity contribution in [2.24, 2.45) is 0 Å². The number of rotatable bonds is 5. The van der Waals surface area contributed by atoms with E-state index < -0.39 is 11.2 Å². The molecule has 0 bridgehead atoms. The monoisotopic (exact) mass is 421 g/mol. The third-order valence-corrected chi connectivity index (χ3v) is 6.80. The lowest BCUT2D eigenvalue weighted by molar-refractivity contribution is -0.0893. The van der Waals surface area contributed by atoms with Crippen molar-refractivity contribution in [2.75, 3.05) is 0 Å². The highest BCUT2D eigenvalue weighted by Gasteiger charge is 2.35. The summed E-state index contributed by atoms with van der Waals surface area (Å²) in [4.78, 5) is 0. The second-order valence-electron chi connectivity index (χ2n) is 9.56. The van der Waals surface area contributed by atoms with Gasteiger partial charge in [-0.2, -0.15) is 0 Å². The van der Waals surface area contributed by atoms with Crippen molar-refractivity contribution in [3.05, 3.63) is 84.9 Å². The predicted octanol–water partition coefficient (Wildman–Crippen LogP) is 5.48. The van der Waals surface area contributed by atoms with Crippen molar-refractivity contribution in [3.63, 3.8) is 0 Å². The number of benzene rings is 4. The van der Waals surface area contributed by atoms with Crippen LogP contribution in [0.4, 0.5) is 0 Å². The van der Waals surface area contributed by atoms with Gasteiger partial charge in [0, 0.05) is 21.8 Å². The Labute approximate surface area is 189 Å². The average molecular weight is 421 g/mol. The van der Waals surface area contributed by atoms with E-state index in [0.717, 1.165) is 16.7 Å². The van der Waals surface area contributed by atoms with E-state index in [0.29, 0.717) is 7.48 Å². The third kappa shape index (κ3) is 3.40. The van der Waals surface area contributed by atoms with Gasteiger partial charge in [0.1, 0.15) is 0 Å². The van der Waals surface area contributed by atoms with Gasteiger partial charge in [0.05, 0.1) is 22.2 Å². The van der Waals surface area contributed by atoms with Gasteiger partial charge in [-0.1, -0.05) is 72.2 Å². The van der Waals surface area contributed by atoms with Gasteiger partial charge >= 0.3 is 7.48 Å².